The average Bonchev–Trinajstić information content (AvgIpc) is 2.86. The Morgan fingerprint density at radius 2 is 1.87 bits per heavy atom. The second kappa shape index (κ2) is 7.31. The Morgan fingerprint density at radius 3 is 2.52 bits per heavy atom. The molecule has 5 heteroatoms. The Kier molecular flexibility index (Phi) is 5.42. The number of aryl methyl sites for hydroxylation is 1. The summed E-state index contributed by atoms with van der Waals surface area (Å²) >= 11 is 0. The zero-order chi connectivity index (χ0) is 16.9. The molecule has 2 N–H and O–H groups in total. The van der Waals surface area contributed by atoms with Gasteiger partial charge in [0.1, 0.15) is 5.82 Å². The fourth-order valence-electron chi connectivity index (χ4n) is 2.22. The monoisotopic (exact) mass is 314 g/mol. The lowest BCUT2D eigenvalue weighted by Crippen LogP contribution is -2.40. The van der Waals surface area contributed by atoms with Crippen LogP contribution in [-0.4, -0.2) is 28.7 Å². The van der Waals surface area contributed by atoms with E-state index < -0.39 is 0 Å². The van der Waals surface area contributed by atoms with Crippen molar-refractivity contribution in [1.29, 1.82) is 0 Å². The lowest BCUT2D eigenvalue weighted by Gasteiger charge is -2.18. The van der Waals surface area contributed by atoms with Crippen molar-refractivity contribution in [2.24, 2.45) is 5.41 Å². The molecule has 23 heavy (non-hydrogen) atoms. The fraction of sp³-hybridized carbons (Fsp3) is 0.444. The summed E-state index contributed by atoms with van der Waals surface area (Å²) in [7, 11) is 0. The summed E-state index contributed by atoms with van der Waals surface area (Å²) in [6, 6.07) is 9.99. The maximum Gasteiger partial charge on any atom is 0.314 e. The van der Waals surface area contributed by atoms with Crippen molar-refractivity contribution in [3.8, 4) is 5.69 Å². The number of amides is 2. The number of nitrogens with zero attached hydrogens (tertiary/aromatic N) is 2. The predicted octanol–water partition coefficient (Wildman–Crippen LogP) is 3.07. The molecule has 124 valence electrons. The number of benzene rings is 1. The Labute approximate surface area is 138 Å². The summed E-state index contributed by atoms with van der Waals surface area (Å²) < 4.78 is 2.06. The lowest BCUT2D eigenvalue weighted by molar-refractivity contribution is 0.235. The highest BCUT2D eigenvalue weighted by Crippen LogP contribution is 2.12. The first-order chi connectivity index (χ1) is 10.8. The maximum absolute atomic E-state index is 11.7. The molecule has 2 amide bonds. The molecule has 1 aromatic heterocycles. The molecule has 0 spiro atoms. The second-order valence-electron chi connectivity index (χ2n) is 6.91. The lowest BCUT2D eigenvalue weighted by atomic mass is 9.97. The third kappa shape index (κ3) is 5.43. The molecule has 0 fully saturated rings. The van der Waals surface area contributed by atoms with E-state index >= 15 is 0 Å². The Balaban J connectivity index is 1.84. The Hall–Kier alpha value is -2.30. The molecule has 5 nitrogen and oxygen atoms in total. The van der Waals surface area contributed by atoms with Crippen molar-refractivity contribution < 1.29 is 4.79 Å². The standard InChI is InChI=1S/C18H26N4O/c1-14-21-15(12-22(14)16-8-6-5-7-9-16)10-11-19-17(23)20-13-18(2,3)4/h5-9,12H,10-11,13H2,1-4H3,(H2,19,20,23). The van der Waals surface area contributed by atoms with Crippen LogP contribution in [0.5, 0.6) is 0 Å². The van der Waals surface area contributed by atoms with Crippen molar-refractivity contribution in [2.75, 3.05) is 13.1 Å². The second-order valence-corrected chi connectivity index (χ2v) is 6.91. The zero-order valence-corrected chi connectivity index (χ0v) is 14.4. The molecular weight excluding hydrogens is 288 g/mol. The number of aromatic nitrogens is 2. The summed E-state index contributed by atoms with van der Waals surface area (Å²) in [4.78, 5) is 16.3. The van der Waals surface area contributed by atoms with Gasteiger partial charge >= 0.3 is 6.03 Å². The van der Waals surface area contributed by atoms with Gasteiger partial charge in [-0.3, -0.25) is 0 Å². The molecule has 0 saturated heterocycles. The highest BCUT2D eigenvalue weighted by molar-refractivity contribution is 5.73. The largest absolute Gasteiger partial charge is 0.338 e. The summed E-state index contributed by atoms with van der Waals surface area (Å²) in [5.74, 6) is 0.948. The molecule has 0 unspecified atom stereocenters. The highest BCUT2D eigenvalue weighted by Gasteiger charge is 2.11. The van der Waals surface area contributed by atoms with Crippen molar-refractivity contribution in [3.63, 3.8) is 0 Å². The van der Waals surface area contributed by atoms with Gasteiger partial charge in [0.2, 0.25) is 0 Å². The van der Waals surface area contributed by atoms with Gasteiger partial charge in [-0.25, -0.2) is 9.78 Å². The first-order valence-electron chi connectivity index (χ1n) is 7.97. The highest BCUT2D eigenvalue weighted by atomic mass is 16.2. The van der Waals surface area contributed by atoms with Crippen molar-refractivity contribution in [1.82, 2.24) is 20.2 Å². The van der Waals surface area contributed by atoms with E-state index in [1.807, 2.05) is 31.3 Å². The minimum Gasteiger partial charge on any atom is -0.338 e. The van der Waals surface area contributed by atoms with Gasteiger partial charge in [0, 0.05) is 31.4 Å². The molecule has 1 aromatic carbocycles. The number of carbonyl (C=O) groups excluding carboxylic acids is 1. The number of para-hydroxylation sites is 1. The number of urea groups is 1. The Bertz CT molecular complexity index is 641. The van der Waals surface area contributed by atoms with Gasteiger partial charge in [-0.05, 0) is 24.5 Å². The first kappa shape index (κ1) is 17.1. The maximum atomic E-state index is 11.7. The van der Waals surface area contributed by atoms with Crippen LogP contribution in [0.3, 0.4) is 0 Å². The van der Waals surface area contributed by atoms with Gasteiger partial charge in [0.15, 0.2) is 0 Å². The van der Waals surface area contributed by atoms with E-state index in [0.29, 0.717) is 19.5 Å². The third-order valence-corrected chi connectivity index (χ3v) is 3.41. The third-order valence-electron chi connectivity index (χ3n) is 3.41. The number of nitrogens with one attached hydrogen (secondary N) is 2. The Morgan fingerprint density at radius 1 is 1.17 bits per heavy atom. The average molecular weight is 314 g/mol. The number of rotatable bonds is 5. The first-order valence-corrected chi connectivity index (χ1v) is 7.97. The van der Waals surface area contributed by atoms with Crippen LogP contribution in [0.15, 0.2) is 36.5 Å². The van der Waals surface area contributed by atoms with E-state index in [2.05, 4.69) is 53.1 Å². The van der Waals surface area contributed by atoms with Crippen molar-refractivity contribution in [2.45, 2.75) is 34.1 Å². The number of hydrogen-bond donors (Lipinski definition) is 2. The number of carbonyl (C=O) groups is 1. The molecule has 2 rings (SSSR count). The normalized spacial score (nSPS) is 11.3. The smallest absolute Gasteiger partial charge is 0.314 e. The summed E-state index contributed by atoms with van der Waals surface area (Å²) in [5, 5.41) is 5.75. The van der Waals surface area contributed by atoms with Gasteiger partial charge in [-0.1, -0.05) is 39.0 Å². The van der Waals surface area contributed by atoms with Crippen LogP contribution < -0.4 is 10.6 Å². The van der Waals surface area contributed by atoms with E-state index in [1.54, 1.807) is 0 Å². The van der Waals surface area contributed by atoms with Crippen LogP contribution in [0.25, 0.3) is 5.69 Å². The molecule has 2 aromatic rings. The summed E-state index contributed by atoms with van der Waals surface area (Å²) in [5.41, 5.74) is 2.16. The van der Waals surface area contributed by atoms with E-state index in [4.69, 9.17) is 0 Å². The van der Waals surface area contributed by atoms with Crippen LogP contribution in [0, 0.1) is 12.3 Å². The number of hydrogen-bond acceptors (Lipinski definition) is 2. The molecular formula is C18H26N4O. The van der Waals surface area contributed by atoms with E-state index in [-0.39, 0.29) is 11.4 Å². The SMILES string of the molecule is Cc1nc(CCNC(=O)NCC(C)(C)C)cn1-c1ccccc1. The quantitative estimate of drug-likeness (QED) is 0.891. The minimum atomic E-state index is -0.126. The van der Waals surface area contributed by atoms with Crippen LogP contribution in [-0.2, 0) is 6.42 Å². The van der Waals surface area contributed by atoms with Crippen LogP contribution in [0.1, 0.15) is 32.3 Å². The molecule has 0 saturated carbocycles. The zero-order valence-electron chi connectivity index (χ0n) is 14.4. The van der Waals surface area contributed by atoms with Crippen LogP contribution >= 0.6 is 0 Å². The molecule has 0 aliphatic heterocycles. The molecule has 0 aliphatic rings. The van der Waals surface area contributed by atoms with E-state index in [9.17, 15) is 4.79 Å². The molecule has 1 heterocycles. The predicted molar refractivity (Wildman–Crippen MR) is 92.9 cm³/mol. The topological polar surface area (TPSA) is 59.0 Å². The van der Waals surface area contributed by atoms with Gasteiger partial charge in [0.05, 0.1) is 5.69 Å². The van der Waals surface area contributed by atoms with Gasteiger partial charge in [-0.2, -0.15) is 0 Å². The molecule has 0 atom stereocenters. The summed E-state index contributed by atoms with van der Waals surface area (Å²) in [6.45, 7) is 9.48. The van der Waals surface area contributed by atoms with Crippen LogP contribution in [0.4, 0.5) is 4.79 Å². The van der Waals surface area contributed by atoms with Crippen molar-refractivity contribution >= 4 is 6.03 Å². The fourth-order valence-corrected chi connectivity index (χ4v) is 2.22. The molecule has 0 aliphatic carbocycles. The van der Waals surface area contributed by atoms with Gasteiger partial charge < -0.3 is 15.2 Å². The minimum absolute atomic E-state index is 0.0862. The molecule has 0 bridgehead atoms. The van der Waals surface area contributed by atoms with Gasteiger partial charge in [0.25, 0.3) is 0 Å². The van der Waals surface area contributed by atoms with Gasteiger partial charge in [-0.15, -0.1) is 0 Å². The number of imidazole rings is 1. The molecule has 0 radical (unpaired) electrons. The summed E-state index contributed by atoms with van der Waals surface area (Å²) in [6.07, 6.45) is 2.74. The van der Waals surface area contributed by atoms with Crippen LogP contribution in [0.2, 0.25) is 0 Å². The van der Waals surface area contributed by atoms with E-state index in [1.165, 1.54) is 0 Å². The van der Waals surface area contributed by atoms with E-state index in [0.717, 1.165) is 17.2 Å². The van der Waals surface area contributed by atoms with Crippen molar-refractivity contribution in [3.05, 3.63) is 48.0 Å².